The SMILES string of the molecule is CCC[C@H]1N(N)C(=O)c2cc(C)cc(C)c2C1(C)C. The lowest BCUT2D eigenvalue weighted by molar-refractivity contribution is 0.0514. The van der Waals surface area contributed by atoms with Crippen molar-refractivity contribution in [1.82, 2.24) is 5.01 Å². The summed E-state index contributed by atoms with van der Waals surface area (Å²) in [6.45, 7) is 10.6. The van der Waals surface area contributed by atoms with Gasteiger partial charge in [0, 0.05) is 11.0 Å². The molecule has 0 aliphatic carbocycles. The fourth-order valence-electron chi connectivity index (χ4n) is 3.56. The largest absolute Gasteiger partial charge is 0.273 e. The Morgan fingerprint density at radius 2 is 1.95 bits per heavy atom. The third kappa shape index (κ3) is 2.06. The minimum absolute atomic E-state index is 0.0421. The van der Waals surface area contributed by atoms with E-state index in [1.807, 2.05) is 13.0 Å². The Kier molecular flexibility index (Phi) is 3.43. The first-order valence-corrected chi connectivity index (χ1v) is 7.00. The Labute approximate surface area is 115 Å². The van der Waals surface area contributed by atoms with Gasteiger partial charge in [0.25, 0.3) is 5.91 Å². The zero-order valence-electron chi connectivity index (χ0n) is 12.6. The molecular weight excluding hydrogens is 236 g/mol. The number of nitrogens with zero attached hydrogens (tertiary/aromatic N) is 1. The maximum absolute atomic E-state index is 12.5. The minimum atomic E-state index is -0.105. The highest BCUT2D eigenvalue weighted by atomic mass is 16.2. The molecule has 104 valence electrons. The van der Waals surface area contributed by atoms with E-state index in [9.17, 15) is 4.79 Å². The standard InChI is InChI=1S/C16H24N2O/c1-6-7-13-16(4,5)14-11(3)8-10(2)9-12(14)15(19)18(13)17/h8-9,13H,6-7,17H2,1-5H3/t13-/m1/s1. The number of hydrogen-bond donors (Lipinski definition) is 1. The van der Waals surface area contributed by atoms with Gasteiger partial charge in [0.1, 0.15) is 0 Å². The second-order valence-electron chi connectivity index (χ2n) is 6.24. The van der Waals surface area contributed by atoms with E-state index in [0.29, 0.717) is 0 Å². The number of fused-ring (bicyclic) bond motifs is 1. The van der Waals surface area contributed by atoms with Crippen LogP contribution < -0.4 is 5.84 Å². The van der Waals surface area contributed by atoms with Crippen LogP contribution in [0.3, 0.4) is 0 Å². The Balaban J connectivity index is 2.67. The van der Waals surface area contributed by atoms with Gasteiger partial charge in [-0.05, 0) is 37.5 Å². The minimum Gasteiger partial charge on any atom is -0.273 e. The fourth-order valence-corrected chi connectivity index (χ4v) is 3.56. The van der Waals surface area contributed by atoms with Crippen molar-refractivity contribution in [3.8, 4) is 0 Å². The van der Waals surface area contributed by atoms with Gasteiger partial charge >= 0.3 is 0 Å². The maximum atomic E-state index is 12.5. The summed E-state index contributed by atoms with van der Waals surface area (Å²) in [5, 5.41) is 1.45. The molecule has 0 radical (unpaired) electrons. The van der Waals surface area contributed by atoms with Crippen molar-refractivity contribution in [2.75, 3.05) is 0 Å². The Hall–Kier alpha value is -1.35. The van der Waals surface area contributed by atoms with E-state index in [0.717, 1.165) is 24.0 Å². The van der Waals surface area contributed by atoms with Gasteiger partial charge < -0.3 is 0 Å². The summed E-state index contributed by atoms with van der Waals surface area (Å²) < 4.78 is 0. The average Bonchev–Trinajstić information content (AvgIpc) is 2.31. The number of benzene rings is 1. The molecule has 3 heteroatoms. The normalized spacial score (nSPS) is 21.5. The van der Waals surface area contributed by atoms with Gasteiger partial charge in [-0.15, -0.1) is 0 Å². The van der Waals surface area contributed by atoms with Crippen LogP contribution in [0.1, 0.15) is 60.7 Å². The van der Waals surface area contributed by atoms with Crippen molar-refractivity contribution in [3.63, 3.8) is 0 Å². The third-order valence-corrected chi connectivity index (χ3v) is 4.32. The van der Waals surface area contributed by atoms with Gasteiger partial charge in [-0.25, -0.2) is 5.84 Å². The summed E-state index contributed by atoms with van der Waals surface area (Å²) in [4.78, 5) is 12.5. The Bertz CT molecular complexity index is 520. The van der Waals surface area contributed by atoms with Gasteiger partial charge in [0.2, 0.25) is 0 Å². The van der Waals surface area contributed by atoms with Crippen LogP contribution in [0, 0.1) is 13.8 Å². The highest BCUT2D eigenvalue weighted by Crippen LogP contribution is 2.41. The molecule has 1 atom stereocenters. The topological polar surface area (TPSA) is 46.3 Å². The molecule has 2 N–H and O–H groups in total. The highest BCUT2D eigenvalue weighted by Gasteiger charge is 2.44. The molecule has 0 saturated heterocycles. The first kappa shape index (κ1) is 14.1. The number of rotatable bonds is 2. The van der Waals surface area contributed by atoms with E-state index in [1.165, 1.54) is 16.1 Å². The molecule has 0 bridgehead atoms. The summed E-state index contributed by atoms with van der Waals surface area (Å²) in [7, 11) is 0. The molecule has 1 aromatic rings. The number of aryl methyl sites for hydroxylation is 2. The highest BCUT2D eigenvalue weighted by molar-refractivity contribution is 5.98. The molecule has 19 heavy (non-hydrogen) atoms. The number of hydrogen-bond acceptors (Lipinski definition) is 2. The molecule has 1 aliphatic rings. The third-order valence-electron chi connectivity index (χ3n) is 4.32. The first-order chi connectivity index (χ1) is 8.80. The van der Waals surface area contributed by atoms with Crippen molar-refractivity contribution in [3.05, 3.63) is 34.4 Å². The molecule has 0 spiro atoms. The van der Waals surface area contributed by atoms with Gasteiger partial charge in [-0.1, -0.05) is 38.8 Å². The number of carbonyl (C=O) groups excluding carboxylic acids is 1. The second kappa shape index (κ2) is 4.64. The molecule has 1 aromatic carbocycles. The molecule has 0 unspecified atom stereocenters. The van der Waals surface area contributed by atoms with Crippen LogP contribution in [0.25, 0.3) is 0 Å². The molecule has 1 amide bonds. The van der Waals surface area contributed by atoms with Crippen LogP contribution in [-0.4, -0.2) is 17.0 Å². The summed E-state index contributed by atoms with van der Waals surface area (Å²) in [6, 6.07) is 4.19. The molecule has 0 saturated carbocycles. The van der Waals surface area contributed by atoms with Crippen molar-refractivity contribution >= 4 is 5.91 Å². The van der Waals surface area contributed by atoms with Crippen LogP contribution in [0.2, 0.25) is 0 Å². The summed E-state index contributed by atoms with van der Waals surface area (Å²) in [5.74, 6) is 6.04. The number of carbonyl (C=O) groups is 1. The summed E-state index contributed by atoms with van der Waals surface area (Å²) in [6.07, 6.45) is 1.96. The second-order valence-corrected chi connectivity index (χ2v) is 6.24. The number of nitrogens with two attached hydrogens (primary N) is 1. The van der Waals surface area contributed by atoms with E-state index < -0.39 is 0 Å². The molecule has 0 aromatic heterocycles. The zero-order valence-corrected chi connectivity index (χ0v) is 12.6. The zero-order chi connectivity index (χ0) is 14.4. The van der Waals surface area contributed by atoms with E-state index in [2.05, 4.69) is 33.8 Å². The Morgan fingerprint density at radius 3 is 2.53 bits per heavy atom. The molecule has 2 rings (SSSR count). The van der Waals surface area contributed by atoms with Crippen molar-refractivity contribution in [2.24, 2.45) is 5.84 Å². The maximum Gasteiger partial charge on any atom is 0.268 e. The fraction of sp³-hybridized carbons (Fsp3) is 0.562. The molecular formula is C16H24N2O. The van der Waals surface area contributed by atoms with E-state index in [-0.39, 0.29) is 17.4 Å². The molecule has 0 fully saturated rings. The van der Waals surface area contributed by atoms with Gasteiger partial charge in [0.05, 0.1) is 6.04 Å². The first-order valence-electron chi connectivity index (χ1n) is 7.00. The van der Waals surface area contributed by atoms with Crippen molar-refractivity contribution in [2.45, 2.75) is 58.9 Å². The Morgan fingerprint density at radius 1 is 1.32 bits per heavy atom. The lowest BCUT2D eigenvalue weighted by atomic mass is 9.69. The quantitative estimate of drug-likeness (QED) is 0.656. The van der Waals surface area contributed by atoms with Crippen LogP contribution >= 0.6 is 0 Å². The van der Waals surface area contributed by atoms with Crippen LogP contribution in [0.5, 0.6) is 0 Å². The average molecular weight is 260 g/mol. The molecule has 1 aliphatic heterocycles. The predicted molar refractivity (Wildman–Crippen MR) is 78.0 cm³/mol. The van der Waals surface area contributed by atoms with Gasteiger partial charge in [-0.3, -0.25) is 9.80 Å². The van der Waals surface area contributed by atoms with Gasteiger partial charge in [-0.2, -0.15) is 0 Å². The van der Waals surface area contributed by atoms with E-state index in [1.54, 1.807) is 0 Å². The smallest absolute Gasteiger partial charge is 0.268 e. The lowest BCUT2D eigenvalue weighted by Gasteiger charge is -2.46. The predicted octanol–water partition coefficient (Wildman–Crippen LogP) is 3.08. The number of amides is 1. The molecule has 3 nitrogen and oxygen atoms in total. The lowest BCUT2D eigenvalue weighted by Crippen LogP contribution is -2.58. The summed E-state index contributed by atoms with van der Waals surface area (Å²) in [5.41, 5.74) is 4.15. The van der Waals surface area contributed by atoms with E-state index in [4.69, 9.17) is 5.84 Å². The molecule has 1 heterocycles. The van der Waals surface area contributed by atoms with Crippen molar-refractivity contribution < 1.29 is 4.79 Å². The summed E-state index contributed by atoms with van der Waals surface area (Å²) >= 11 is 0. The van der Waals surface area contributed by atoms with Gasteiger partial charge in [0.15, 0.2) is 0 Å². The van der Waals surface area contributed by atoms with Crippen LogP contribution in [0.15, 0.2) is 12.1 Å². The van der Waals surface area contributed by atoms with Crippen LogP contribution in [-0.2, 0) is 5.41 Å². The van der Waals surface area contributed by atoms with Crippen molar-refractivity contribution in [1.29, 1.82) is 0 Å². The van der Waals surface area contributed by atoms with Crippen LogP contribution in [0.4, 0.5) is 0 Å². The van der Waals surface area contributed by atoms with E-state index >= 15 is 0 Å². The monoisotopic (exact) mass is 260 g/mol. The number of hydrazine groups is 1.